The molecule has 3 amide bonds. The maximum atomic E-state index is 13.2. The third kappa shape index (κ3) is 6.41. The molecule has 0 saturated carbocycles. The number of amides is 3. The van der Waals surface area contributed by atoms with Gasteiger partial charge in [-0.05, 0) is 44.0 Å². The number of nitrogens with zero attached hydrogens (tertiary/aromatic N) is 3. The lowest BCUT2D eigenvalue weighted by atomic mass is 10.2. The zero-order valence-corrected chi connectivity index (χ0v) is 19.7. The minimum atomic E-state index is -0.420. The number of aryl methyl sites for hydroxylation is 1. The number of para-hydroxylation sites is 1. The highest BCUT2D eigenvalue weighted by Crippen LogP contribution is 2.30. The predicted molar refractivity (Wildman–Crippen MR) is 123 cm³/mol. The molecule has 164 valence electrons. The molecule has 0 spiro atoms. The molecule has 2 rings (SSSR count). The van der Waals surface area contributed by atoms with Gasteiger partial charge in [0.25, 0.3) is 0 Å². The molecule has 0 radical (unpaired) electrons. The van der Waals surface area contributed by atoms with Crippen LogP contribution in [0.15, 0.2) is 36.5 Å². The molecule has 0 atom stereocenters. The molecule has 0 unspecified atom stereocenters. The molecule has 6 nitrogen and oxygen atoms in total. The Morgan fingerprint density at radius 3 is 2.20 bits per heavy atom. The van der Waals surface area contributed by atoms with Gasteiger partial charge in [0.2, 0.25) is 5.91 Å². The lowest BCUT2D eigenvalue weighted by molar-refractivity contribution is -0.133. The van der Waals surface area contributed by atoms with Crippen LogP contribution in [0.1, 0.15) is 33.4 Å². The molecule has 0 aliphatic carbocycles. The van der Waals surface area contributed by atoms with Crippen LogP contribution in [-0.2, 0) is 18.4 Å². The van der Waals surface area contributed by atoms with Crippen molar-refractivity contribution in [2.75, 3.05) is 18.4 Å². The molecule has 0 aliphatic heterocycles. The highest BCUT2D eigenvalue weighted by molar-refractivity contribution is 6.39. The maximum Gasteiger partial charge on any atom is 0.322 e. The number of hydrogen-bond acceptors (Lipinski definition) is 2. The fraction of sp³-hybridized carbons (Fsp3) is 0.455. The summed E-state index contributed by atoms with van der Waals surface area (Å²) in [5.41, 5.74) is 1.37. The molecule has 0 saturated heterocycles. The molecule has 0 aliphatic rings. The zero-order valence-electron chi connectivity index (χ0n) is 18.2. The minimum Gasteiger partial charge on any atom is -0.353 e. The third-order valence-electron chi connectivity index (χ3n) is 4.73. The summed E-state index contributed by atoms with van der Waals surface area (Å²) >= 11 is 12.3. The monoisotopic (exact) mass is 452 g/mol. The van der Waals surface area contributed by atoms with Crippen molar-refractivity contribution in [1.29, 1.82) is 0 Å². The molecule has 0 fully saturated rings. The Morgan fingerprint density at radius 1 is 1.07 bits per heavy atom. The van der Waals surface area contributed by atoms with Crippen LogP contribution in [0.4, 0.5) is 10.5 Å². The Balaban J connectivity index is 2.17. The largest absolute Gasteiger partial charge is 0.353 e. The standard InChI is InChI=1S/C22H30Cl2N4O2/c1-15(2)12-27(13-17-8-7-11-26(17)5)20(29)14-28(16(3)4)22(30)25-21-18(23)9-6-10-19(21)24/h6-11,15-16H,12-14H2,1-5H3,(H,25,30). The van der Waals surface area contributed by atoms with Crippen LogP contribution in [0, 0.1) is 5.92 Å². The van der Waals surface area contributed by atoms with Gasteiger partial charge >= 0.3 is 6.03 Å². The van der Waals surface area contributed by atoms with Crippen LogP contribution in [-0.4, -0.2) is 45.4 Å². The summed E-state index contributed by atoms with van der Waals surface area (Å²) < 4.78 is 1.99. The summed E-state index contributed by atoms with van der Waals surface area (Å²) in [6.45, 7) is 8.92. The topological polar surface area (TPSA) is 57.6 Å². The lowest BCUT2D eigenvalue weighted by Crippen LogP contribution is -2.48. The van der Waals surface area contributed by atoms with Crippen molar-refractivity contribution in [3.63, 3.8) is 0 Å². The van der Waals surface area contributed by atoms with E-state index >= 15 is 0 Å². The second-order valence-electron chi connectivity index (χ2n) is 8.03. The number of carbonyl (C=O) groups is 2. The van der Waals surface area contributed by atoms with Crippen LogP contribution < -0.4 is 5.32 Å². The van der Waals surface area contributed by atoms with Crippen LogP contribution in [0.2, 0.25) is 10.0 Å². The highest BCUT2D eigenvalue weighted by Gasteiger charge is 2.25. The molecule has 8 heteroatoms. The SMILES string of the molecule is CC(C)CN(Cc1cccn1C)C(=O)CN(C(=O)Nc1c(Cl)cccc1Cl)C(C)C. The summed E-state index contributed by atoms with van der Waals surface area (Å²) in [7, 11) is 1.95. The first-order chi connectivity index (χ1) is 14.1. The van der Waals surface area contributed by atoms with Gasteiger partial charge in [0.1, 0.15) is 6.54 Å². The number of urea groups is 1. The highest BCUT2D eigenvalue weighted by atomic mass is 35.5. The Bertz CT molecular complexity index is 860. The van der Waals surface area contributed by atoms with Crippen molar-refractivity contribution in [3.05, 3.63) is 52.3 Å². The molecular weight excluding hydrogens is 423 g/mol. The van der Waals surface area contributed by atoms with Gasteiger partial charge in [-0.3, -0.25) is 4.79 Å². The lowest BCUT2D eigenvalue weighted by Gasteiger charge is -2.31. The zero-order chi connectivity index (χ0) is 22.4. The van der Waals surface area contributed by atoms with E-state index < -0.39 is 6.03 Å². The Hall–Kier alpha value is -2.18. The Labute approximate surface area is 188 Å². The van der Waals surface area contributed by atoms with E-state index in [1.807, 2.05) is 43.8 Å². The van der Waals surface area contributed by atoms with E-state index in [4.69, 9.17) is 23.2 Å². The van der Waals surface area contributed by atoms with Gasteiger partial charge in [0, 0.05) is 31.5 Å². The molecule has 0 bridgehead atoms. The van der Waals surface area contributed by atoms with Gasteiger partial charge in [-0.25, -0.2) is 4.79 Å². The average molecular weight is 453 g/mol. The normalized spacial score (nSPS) is 11.1. The quantitative estimate of drug-likeness (QED) is 0.593. The van der Waals surface area contributed by atoms with Crippen LogP contribution >= 0.6 is 23.2 Å². The molecule has 2 aromatic rings. The Kier molecular flexibility index (Phi) is 8.62. The van der Waals surface area contributed by atoms with E-state index in [0.29, 0.717) is 34.7 Å². The maximum absolute atomic E-state index is 13.2. The van der Waals surface area contributed by atoms with Crippen molar-refractivity contribution in [2.24, 2.45) is 13.0 Å². The minimum absolute atomic E-state index is 0.0390. The Morgan fingerprint density at radius 2 is 1.70 bits per heavy atom. The van der Waals surface area contributed by atoms with E-state index in [1.165, 1.54) is 4.90 Å². The first kappa shape index (κ1) is 24.1. The van der Waals surface area contributed by atoms with Gasteiger partial charge in [-0.2, -0.15) is 0 Å². The summed E-state index contributed by atoms with van der Waals surface area (Å²) in [4.78, 5) is 29.4. The molecular formula is C22H30Cl2N4O2. The molecule has 1 heterocycles. The fourth-order valence-electron chi connectivity index (χ4n) is 3.08. The van der Waals surface area contributed by atoms with Crippen molar-refractivity contribution in [3.8, 4) is 0 Å². The van der Waals surface area contributed by atoms with E-state index in [0.717, 1.165) is 5.69 Å². The molecule has 1 aromatic heterocycles. The number of rotatable bonds is 8. The molecule has 1 aromatic carbocycles. The van der Waals surface area contributed by atoms with Crippen molar-refractivity contribution in [2.45, 2.75) is 40.3 Å². The first-order valence-electron chi connectivity index (χ1n) is 9.99. The fourth-order valence-corrected chi connectivity index (χ4v) is 3.57. The summed E-state index contributed by atoms with van der Waals surface area (Å²) in [6.07, 6.45) is 1.95. The number of hydrogen-bond donors (Lipinski definition) is 1. The second-order valence-corrected chi connectivity index (χ2v) is 8.84. The number of nitrogens with one attached hydrogen (secondary N) is 1. The van der Waals surface area contributed by atoms with E-state index in [-0.39, 0.29) is 18.5 Å². The third-order valence-corrected chi connectivity index (χ3v) is 5.36. The van der Waals surface area contributed by atoms with Gasteiger partial charge in [0.15, 0.2) is 0 Å². The van der Waals surface area contributed by atoms with E-state index in [1.54, 1.807) is 23.1 Å². The number of aromatic nitrogens is 1. The van der Waals surface area contributed by atoms with Gasteiger partial charge < -0.3 is 19.7 Å². The van der Waals surface area contributed by atoms with Crippen molar-refractivity contribution >= 4 is 40.8 Å². The molecule has 1 N–H and O–H groups in total. The number of carbonyl (C=O) groups excluding carboxylic acids is 2. The summed E-state index contributed by atoms with van der Waals surface area (Å²) in [6, 6.07) is 8.35. The van der Waals surface area contributed by atoms with Crippen LogP contribution in [0.3, 0.4) is 0 Å². The van der Waals surface area contributed by atoms with Gasteiger partial charge in [-0.15, -0.1) is 0 Å². The number of anilines is 1. The summed E-state index contributed by atoms with van der Waals surface area (Å²) in [5, 5.41) is 3.43. The van der Waals surface area contributed by atoms with Crippen molar-refractivity contribution < 1.29 is 9.59 Å². The van der Waals surface area contributed by atoms with Gasteiger partial charge in [0.05, 0.1) is 22.3 Å². The number of halogens is 2. The van der Waals surface area contributed by atoms with E-state index in [2.05, 4.69) is 19.2 Å². The van der Waals surface area contributed by atoms with Crippen LogP contribution in [0.25, 0.3) is 0 Å². The number of benzene rings is 1. The van der Waals surface area contributed by atoms with E-state index in [9.17, 15) is 9.59 Å². The average Bonchev–Trinajstić information content (AvgIpc) is 3.06. The predicted octanol–water partition coefficient (Wildman–Crippen LogP) is 5.26. The van der Waals surface area contributed by atoms with Crippen molar-refractivity contribution in [1.82, 2.24) is 14.4 Å². The van der Waals surface area contributed by atoms with Crippen LogP contribution in [0.5, 0.6) is 0 Å². The molecule has 30 heavy (non-hydrogen) atoms. The van der Waals surface area contributed by atoms with Gasteiger partial charge in [-0.1, -0.05) is 43.1 Å². The first-order valence-corrected chi connectivity index (χ1v) is 10.7. The summed E-state index contributed by atoms with van der Waals surface area (Å²) in [5.74, 6) is 0.191. The smallest absolute Gasteiger partial charge is 0.322 e. The second kappa shape index (κ2) is 10.7.